The molecule has 0 unspecified atom stereocenters. The van der Waals surface area contributed by atoms with Gasteiger partial charge >= 0.3 is 0 Å². The fraction of sp³-hybridized carbons (Fsp3) is 0.118. The minimum atomic E-state index is -0.313. The Hall–Kier alpha value is -2.20. The van der Waals surface area contributed by atoms with E-state index in [0.717, 1.165) is 34.5 Å². The summed E-state index contributed by atoms with van der Waals surface area (Å²) in [4.78, 5) is 17.0. The van der Waals surface area contributed by atoms with Gasteiger partial charge < -0.3 is 4.98 Å². The summed E-state index contributed by atoms with van der Waals surface area (Å²) in [6.07, 6.45) is 3.46. The number of carbonyl (C=O) groups excluding carboxylic acids is 1. The summed E-state index contributed by atoms with van der Waals surface area (Å²) in [6, 6.07) is 8.51. The number of ketones is 1. The second-order valence-electron chi connectivity index (χ2n) is 5.18. The van der Waals surface area contributed by atoms with Crippen molar-refractivity contribution >= 4 is 34.1 Å². The number of benzene rings is 1. The normalized spacial score (nSPS) is 16.6. The van der Waals surface area contributed by atoms with Crippen LogP contribution < -0.4 is 0 Å². The van der Waals surface area contributed by atoms with E-state index in [1.54, 1.807) is 17.4 Å². The van der Waals surface area contributed by atoms with Crippen LogP contribution in [-0.4, -0.2) is 10.8 Å². The number of aromatic nitrogens is 1. The van der Waals surface area contributed by atoms with E-state index in [-0.39, 0.29) is 11.6 Å². The van der Waals surface area contributed by atoms with Gasteiger partial charge in [-0.2, -0.15) is 0 Å². The summed E-state index contributed by atoms with van der Waals surface area (Å²) in [5, 5.41) is 2.68. The molecule has 1 N–H and O–H groups in total. The number of thiophene rings is 1. The maximum atomic E-state index is 13.5. The summed E-state index contributed by atoms with van der Waals surface area (Å²) in [6.45, 7) is 0. The molecule has 2 nitrogen and oxygen atoms in total. The standard InChI is InChI=1S/C17H12FNOS/c18-11-4-6-14-13(9-11)16-15(19-14)5-3-10(17(16)20)8-12-2-1-7-21-12/h1-2,4,6-9,19H,3,5H2/b10-8+. The van der Waals surface area contributed by atoms with E-state index in [4.69, 9.17) is 0 Å². The summed E-state index contributed by atoms with van der Waals surface area (Å²) in [7, 11) is 0. The van der Waals surface area contributed by atoms with Crippen molar-refractivity contribution in [2.45, 2.75) is 12.8 Å². The number of Topliss-reactive ketones (excluding diaryl/α,β-unsaturated/α-hetero) is 1. The number of nitrogens with one attached hydrogen (secondary N) is 1. The third-order valence-corrected chi connectivity index (χ3v) is 4.68. The molecule has 0 aliphatic heterocycles. The highest BCUT2D eigenvalue weighted by atomic mass is 32.1. The van der Waals surface area contributed by atoms with Crippen LogP contribution in [0.4, 0.5) is 4.39 Å². The fourth-order valence-electron chi connectivity index (χ4n) is 2.88. The molecule has 0 radical (unpaired) electrons. The minimum Gasteiger partial charge on any atom is -0.358 e. The average molecular weight is 297 g/mol. The van der Waals surface area contributed by atoms with Crippen molar-refractivity contribution in [2.24, 2.45) is 0 Å². The third kappa shape index (κ3) is 2.03. The molecule has 1 aromatic carbocycles. The molecule has 0 spiro atoms. The molecule has 4 rings (SSSR count). The van der Waals surface area contributed by atoms with Crippen molar-refractivity contribution in [3.8, 4) is 0 Å². The van der Waals surface area contributed by atoms with Crippen LogP contribution in [0.3, 0.4) is 0 Å². The van der Waals surface area contributed by atoms with Crippen molar-refractivity contribution < 1.29 is 9.18 Å². The van der Waals surface area contributed by atoms with Crippen LogP contribution in [0.5, 0.6) is 0 Å². The Bertz CT molecular complexity index is 874. The van der Waals surface area contributed by atoms with E-state index in [2.05, 4.69) is 4.98 Å². The molecular weight excluding hydrogens is 285 g/mol. The van der Waals surface area contributed by atoms with Gasteiger partial charge in [0, 0.05) is 27.0 Å². The Morgan fingerprint density at radius 3 is 2.95 bits per heavy atom. The smallest absolute Gasteiger partial charge is 0.191 e. The first kappa shape index (κ1) is 12.5. The number of H-pyrrole nitrogens is 1. The SMILES string of the molecule is O=C1/C(=C/c2cccs2)CCc2[nH]c3ccc(F)cc3c21. The monoisotopic (exact) mass is 297 g/mol. The van der Waals surface area contributed by atoms with Crippen molar-refractivity contribution in [1.29, 1.82) is 0 Å². The summed E-state index contributed by atoms with van der Waals surface area (Å²) < 4.78 is 13.5. The molecule has 0 saturated carbocycles. The number of rotatable bonds is 1. The van der Waals surface area contributed by atoms with Crippen molar-refractivity contribution in [2.75, 3.05) is 0 Å². The van der Waals surface area contributed by atoms with Crippen LogP contribution in [0.1, 0.15) is 27.3 Å². The number of hydrogen-bond acceptors (Lipinski definition) is 2. The van der Waals surface area contributed by atoms with Crippen LogP contribution in [0.2, 0.25) is 0 Å². The summed E-state index contributed by atoms with van der Waals surface area (Å²) in [5.41, 5.74) is 3.18. The lowest BCUT2D eigenvalue weighted by atomic mass is 9.89. The first-order valence-electron chi connectivity index (χ1n) is 6.81. The lowest BCUT2D eigenvalue weighted by Crippen LogP contribution is -2.13. The molecule has 4 heteroatoms. The van der Waals surface area contributed by atoms with Crippen LogP contribution in [0.25, 0.3) is 17.0 Å². The van der Waals surface area contributed by atoms with E-state index in [1.807, 2.05) is 23.6 Å². The van der Waals surface area contributed by atoms with Crippen LogP contribution >= 0.6 is 11.3 Å². The molecule has 0 fully saturated rings. The Morgan fingerprint density at radius 2 is 2.14 bits per heavy atom. The highest BCUT2D eigenvalue weighted by Crippen LogP contribution is 2.33. The lowest BCUT2D eigenvalue weighted by Gasteiger charge is -2.13. The second-order valence-corrected chi connectivity index (χ2v) is 6.16. The molecule has 1 aliphatic carbocycles. The number of hydrogen-bond donors (Lipinski definition) is 1. The molecule has 0 saturated heterocycles. The zero-order valence-corrected chi connectivity index (χ0v) is 12.0. The number of halogens is 1. The highest BCUT2D eigenvalue weighted by molar-refractivity contribution is 7.10. The van der Waals surface area contributed by atoms with E-state index >= 15 is 0 Å². The van der Waals surface area contributed by atoms with Gasteiger partial charge in [-0.3, -0.25) is 4.79 Å². The molecule has 0 bridgehead atoms. The Morgan fingerprint density at radius 1 is 1.24 bits per heavy atom. The molecule has 21 heavy (non-hydrogen) atoms. The highest BCUT2D eigenvalue weighted by Gasteiger charge is 2.26. The van der Waals surface area contributed by atoms with Gasteiger partial charge in [-0.05, 0) is 48.6 Å². The molecule has 3 aromatic rings. The van der Waals surface area contributed by atoms with Gasteiger partial charge in [0.15, 0.2) is 5.78 Å². The molecule has 0 atom stereocenters. The lowest BCUT2D eigenvalue weighted by molar-refractivity contribution is 0.102. The number of aromatic amines is 1. The van der Waals surface area contributed by atoms with E-state index < -0.39 is 0 Å². The number of aryl methyl sites for hydroxylation is 1. The van der Waals surface area contributed by atoms with Crippen LogP contribution in [-0.2, 0) is 6.42 Å². The van der Waals surface area contributed by atoms with Gasteiger partial charge in [-0.1, -0.05) is 6.07 Å². The van der Waals surface area contributed by atoms with E-state index in [0.29, 0.717) is 10.9 Å². The predicted molar refractivity (Wildman–Crippen MR) is 83.2 cm³/mol. The second kappa shape index (κ2) is 4.67. The van der Waals surface area contributed by atoms with E-state index in [9.17, 15) is 9.18 Å². The third-order valence-electron chi connectivity index (χ3n) is 3.86. The topological polar surface area (TPSA) is 32.9 Å². The number of allylic oxidation sites excluding steroid dienone is 1. The largest absolute Gasteiger partial charge is 0.358 e. The molecular formula is C17H12FNOS. The minimum absolute atomic E-state index is 0.0153. The first-order valence-corrected chi connectivity index (χ1v) is 7.69. The maximum Gasteiger partial charge on any atom is 0.191 e. The molecule has 104 valence electrons. The first-order chi connectivity index (χ1) is 10.2. The Kier molecular flexibility index (Phi) is 2.79. The number of carbonyl (C=O) groups is 1. The van der Waals surface area contributed by atoms with Gasteiger partial charge in [0.1, 0.15) is 5.82 Å². The summed E-state index contributed by atoms with van der Waals surface area (Å²) >= 11 is 1.61. The molecule has 2 aromatic heterocycles. The van der Waals surface area contributed by atoms with E-state index in [1.165, 1.54) is 12.1 Å². The Balaban J connectivity index is 1.87. The van der Waals surface area contributed by atoms with Gasteiger partial charge in [-0.15, -0.1) is 11.3 Å². The van der Waals surface area contributed by atoms with Crippen molar-refractivity contribution in [3.63, 3.8) is 0 Å². The van der Waals surface area contributed by atoms with Crippen molar-refractivity contribution in [3.05, 3.63) is 63.2 Å². The zero-order valence-electron chi connectivity index (χ0n) is 11.2. The van der Waals surface area contributed by atoms with Crippen molar-refractivity contribution in [1.82, 2.24) is 4.98 Å². The van der Waals surface area contributed by atoms with Gasteiger partial charge in [-0.25, -0.2) is 4.39 Å². The maximum absolute atomic E-state index is 13.5. The molecule has 0 amide bonds. The summed E-state index contributed by atoms with van der Waals surface area (Å²) in [5.74, 6) is -0.298. The van der Waals surface area contributed by atoms with Crippen LogP contribution in [0, 0.1) is 5.82 Å². The van der Waals surface area contributed by atoms with Gasteiger partial charge in [0.25, 0.3) is 0 Å². The zero-order chi connectivity index (χ0) is 14.4. The predicted octanol–water partition coefficient (Wildman–Crippen LogP) is 4.58. The molecule has 2 heterocycles. The fourth-order valence-corrected chi connectivity index (χ4v) is 3.57. The number of fused-ring (bicyclic) bond motifs is 3. The molecule has 1 aliphatic rings. The Labute approximate surface area is 124 Å². The quantitative estimate of drug-likeness (QED) is 0.655. The average Bonchev–Trinajstić information content (AvgIpc) is 3.09. The van der Waals surface area contributed by atoms with Gasteiger partial charge in [0.2, 0.25) is 0 Å². The van der Waals surface area contributed by atoms with Gasteiger partial charge in [0.05, 0.1) is 5.56 Å². The van der Waals surface area contributed by atoms with Crippen LogP contribution in [0.15, 0.2) is 41.3 Å².